The fraction of sp³-hybridized carbons (Fsp3) is 0.727. The van der Waals surface area contributed by atoms with Gasteiger partial charge in [0.15, 0.2) is 0 Å². The summed E-state index contributed by atoms with van der Waals surface area (Å²) in [5, 5.41) is 0. The van der Waals surface area contributed by atoms with E-state index in [-0.39, 0.29) is 25.6 Å². The molecule has 1 aliphatic rings. The molecule has 0 aliphatic carbocycles. The normalized spacial score (nSPS) is 17.6. The van der Waals surface area contributed by atoms with Gasteiger partial charge < -0.3 is 9.64 Å². The van der Waals surface area contributed by atoms with E-state index in [2.05, 4.69) is 10.8 Å². The van der Waals surface area contributed by atoms with Crippen LogP contribution >= 0.6 is 0 Å². The van der Waals surface area contributed by atoms with Crippen LogP contribution < -0.4 is 0 Å². The van der Waals surface area contributed by atoms with Gasteiger partial charge in [-0.05, 0) is 18.8 Å². The highest BCUT2D eigenvalue weighted by Gasteiger charge is 2.47. The molecule has 21 heavy (non-hydrogen) atoms. The number of carbonyl (C=O) groups excluding carboxylic acids is 1. The predicted octanol–water partition coefficient (Wildman–Crippen LogP) is 1.89. The van der Waals surface area contributed by atoms with Gasteiger partial charge in [0.2, 0.25) is 0 Å². The summed E-state index contributed by atoms with van der Waals surface area (Å²) < 4.78 is 66.6. The summed E-state index contributed by atoms with van der Waals surface area (Å²) in [6.45, 7) is 3.47. The minimum atomic E-state index is -5.56. The SMILES string of the molecule is C=CCOC(=O)N1CCC(COS(=O)(=O)C(F)(F)F)CC1. The smallest absolute Gasteiger partial charge is 0.445 e. The van der Waals surface area contributed by atoms with Gasteiger partial charge in [0, 0.05) is 13.1 Å². The van der Waals surface area contributed by atoms with Crippen LogP contribution in [0.4, 0.5) is 18.0 Å². The molecule has 1 saturated heterocycles. The maximum absolute atomic E-state index is 12.1. The van der Waals surface area contributed by atoms with Gasteiger partial charge in [0.25, 0.3) is 0 Å². The average molecular weight is 331 g/mol. The third-order valence-electron chi connectivity index (χ3n) is 2.94. The molecule has 0 N–H and O–H groups in total. The van der Waals surface area contributed by atoms with Gasteiger partial charge in [-0.15, -0.1) is 0 Å². The number of hydrogen-bond donors (Lipinski definition) is 0. The number of hydrogen-bond acceptors (Lipinski definition) is 5. The summed E-state index contributed by atoms with van der Waals surface area (Å²) in [6.07, 6.45) is 1.57. The Morgan fingerprint density at radius 1 is 1.33 bits per heavy atom. The molecular weight excluding hydrogens is 315 g/mol. The number of halogens is 3. The molecule has 6 nitrogen and oxygen atoms in total. The van der Waals surface area contributed by atoms with Gasteiger partial charge in [-0.25, -0.2) is 4.79 Å². The Hall–Kier alpha value is -1.29. The van der Waals surface area contributed by atoms with Crippen molar-refractivity contribution in [1.82, 2.24) is 4.90 Å². The van der Waals surface area contributed by atoms with Gasteiger partial charge in [0.1, 0.15) is 6.61 Å². The second-order valence-electron chi connectivity index (χ2n) is 4.48. The standard InChI is InChI=1S/C11H16F3NO5S/c1-2-7-19-10(16)15-5-3-9(4-6-15)8-20-21(17,18)11(12,13)14/h2,9H,1,3-8H2. The molecular formula is C11H16F3NO5S. The third kappa shape index (κ3) is 5.20. The first-order valence-electron chi connectivity index (χ1n) is 6.15. The Bertz CT molecular complexity index is 469. The van der Waals surface area contributed by atoms with Crippen molar-refractivity contribution in [1.29, 1.82) is 0 Å². The van der Waals surface area contributed by atoms with E-state index in [9.17, 15) is 26.4 Å². The number of alkyl halides is 3. The Labute approximate surface area is 120 Å². The molecule has 0 aromatic carbocycles. The monoisotopic (exact) mass is 331 g/mol. The summed E-state index contributed by atoms with van der Waals surface area (Å²) in [5.41, 5.74) is -5.41. The van der Waals surface area contributed by atoms with Crippen LogP contribution in [0, 0.1) is 5.92 Å². The van der Waals surface area contributed by atoms with Gasteiger partial charge in [-0.2, -0.15) is 21.6 Å². The number of amides is 1. The van der Waals surface area contributed by atoms with E-state index >= 15 is 0 Å². The largest absolute Gasteiger partial charge is 0.523 e. The van der Waals surface area contributed by atoms with Crippen molar-refractivity contribution in [3.63, 3.8) is 0 Å². The first-order chi connectivity index (χ1) is 9.67. The van der Waals surface area contributed by atoms with Crippen molar-refractivity contribution < 1.29 is 35.3 Å². The molecule has 1 fully saturated rings. The predicted molar refractivity (Wildman–Crippen MR) is 66.8 cm³/mol. The molecule has 0 saturated carbocycles. The van der Waals surface area contributed by atoms with E-state index in [1.165, 1.54) is 11.0 Å². The van der Waals surface area contributed by atoms with E-state index in [0.717, 1.165) is 0 Å². The van der Waals surface area contributed by atoms with E-state index < -0.39 is 28.3 Å². The number of ether oxygens (including phenoxy) is 1. The summed E-state index contributed by atoms with van der Waals surface area (Å²) >= 11 is 0. The van der Waals surface area contributed by atoms with E-state index in [1.807, 2.05) is 0 Å². The number of carbonyl (C=O) groups is 1. The van der Waals surface area contributed by atoms with Crippen LogP contribution in [0.5, 0.6) is 0 Å². The number of rotatable bonds is 5. The highest BCUT2D eigenvalue weighted by Crippen LogP contribution is 2.26. The Kier molecular flexibility index (Phi) is 6.02. The van der Waals surface area contributed by atoms with Crippen molar-refractivity contribution in [2.45, 2.75) is 18.3 Å². The summed E-state index contributed by atoms with van der Waals surface area (Å²) in [4.78, 5) is 12.9. The van der Waals surface area contributed by atoms with Crippen LogP contribution in [-0.2, 0) is 19.0 Å². The summed E-state index contributed by atoms with van der Waals surface area (Å²) in [6, 6.07) is 0. The first kappa shape index (κ1) is 17.8. The van der Waals surface area contributed by atoms with Gasteiger partial charge in [0.05, 0.1) is 6.61 Å². The Balaban J connectivity index is 2.37. The first-order valence-corrected chi connectivity index (χ1v) is 7.56. The molecule has 0 radical (unpaired) electrons. The molecule has 1 heterocycles. The van der Waals surface area contributed by atoms with Crippen LogP contribution in [-0.4, -0.2) is 51.2 Å². The molecule has 0 bridgehead atoms. The molecule has 0 aromatic heterocycles. The molecule has 0 spiro atoms. The second kappa shape index (κ2) is 7.12. The van der Waals surface area contributed by atoms with Crippen molar-refractivity contribution in [3.8, 4) is 0 Å². The fourth-order valence-corrected chi connectivity index (χ4v) is 2.26. The highest BCUT2D eigenvalue weighted by atomic mass is 32.2. The van der Waals surface area contributed by atoms with Gasteiger partial charge >= 0.3 is 21.7 Å². The lowest BCUT2D eigenvalue weighted by Gasteiger charge is -2.30. The number of nitrogens with zero attached hydrogens (tertiary/aromatic N) is 1. The third-order valence-corrected chi connectivity index (χ3v) is 3.95. The maximum Gasteiger partial charge on any atom is 0.523 e. The Morgan fingerprint density at radius 2 is 1.90 bits per heavy atom. The topological polar surface area (TPSA) is 72.9 Å². The van der Waals surface area contributed by atoms with E-state index in [4.69, 9.17) is 4.74 Å². The number of likely N-dealkylation sites (tertiary alicyclic amines) is 1. The van der Waals surface area contributed by atoms with Crippen molar-refractivity contribution in [2.24, 2.45) is 5.92 Å². The van der Waals surface area contributed by atoms with Crippen LogP contribution in [0.25, 0.3) is 0 Å². The van der Waals surface area contributed by atoms with E-state index in [1.54, 1.807) is 0 Å². The summed E-state index contributed by atoms with van der Waals surface area (Å²) in [5.74, 6) is -0.356. The zero-order valence-corrected chi connectivity index (χ0v) is 12.0. The molecule has 1 aliphatic heterocycles. The quantitative estimate of drug-likeness (QED) is 0.437. The van der Waals surface area contributed by atoms with Gasteiger partial charge in [-0.3, -0.25) is 4.18 Å². The lowest BCUT2D eigenvalue weighted by Crippen LogP contribution is -2.40. The van der Waals surface area contributed by atoms with E-state index in [0.29, 0.717) is 12.8 Å². The minimum absolute atomic E-state index is 0.0751. The van der Waals surface area contributed by atoms with Crippen LogP contribution in [0.1, 0.15) is 12.8 Å². The lowest BCUT2D eigenvalue weighted by molar-refractivity contribution is -0.0554. The zero-order valence-electron chi connectivity index (χ0n) is 11.1. The lowest BCUT2D eigenvalue weighted by atomic mass is 9.98. The van der Waals surface area contributed by atoms with Crippen molar-refractivity contribution in [2.75, 3.05) is 26.3 Å². The second-order valence-corrected chi connectivity index (χ2v) is 6.09. The minimum Gasteiger partial charge on any atom is -0.445 e. The molecule has 10 heteroatoms. The van der Waals surface area contributed by atoms with Crippen LogP contribution in [0.15, 0.2) is 12.7 Å². The molecule has 0 unspecified atom stereocenters. The molecule has 0 atom stereocenters. The average Bonchev–Trinajstić information content (AvgIpc) is 2.42. The van der Waals surface area contributed by atoms with Crippen molar-refractivity contribution in [3.05, 3.63) is 12.7 Å². The zero-order chi connectivity index (χ0) is 16.1. The van der Waals surface area contributed by atoms with Crippen LogP contribution in [0.3, 0.4) is 0 Å². The van der Waals surface area contributed by atoms with Gasteiger partial charge in [-0.1, -0.05) is 12.7 Å². The summed E-state index contributed by atoms with van der Waals surface area (Å²) in [7, 11) is -5.56. The molecule has 122 valence electrons. The fourth-order valence-electron chi connectivity index (χ4n) is 1.76. The Morgan fingerprint density at radius 3 is 2.38 bits per heavy atom. The van der Waals surface area contributed by atoms with Crippen molar-refractivity contribution >= 4 is 16.2 Å². The van der Waals surface area contributed by atoms with Crippen LogP contribution in [0.2, 0.25) is 0 Å². The maximum atomic E-state index is 12.1. The number of piperidine rings is 1. The highest BCUT2D eigenvalue weighted by molar-refractivity contribution is 7.87. The molecule has 1 rings (SSSR count). The molecule has 1 amide bonds. The molecule has 0 aromatic rings.